The lowest BCUT2D eigenvalue weighted by Crippen LogP contribution is -2.46. The van der Waals surface area contributed by atoms with Crippen molar-refractivity contribution < 1.29 is 14.4 Å². The maximum Gasteiger partial charge on any atom is 0.263 e. The Morgan fingerprint density at radius 3 is 2.44 bits per heavy atom. The molecule has 4 aromatic rings. The van der Waals surface area contributed by atoms with Crippen molar-refractivity contribution in [1.29, 1.82) is 0 Å². The van der Waals surface area contributed by atoms with Gasteiger partial charge in [0.05, 0.1) is 23.4 Å². The van der Waals surface area contributed by atoms with E-state index in [2.05, 4.69) is 36.5 Å². The molecule has 0 bridgehead atoms. The molecule has 7 rings (SSSR count). The largest absolute Gasteiger partial charge is 0.368 e. The van der Waals surface area contributed by atoms with Crippen LogP contribution in [0.3, 0.4) is 0 Å². The van der Waals surface area contributed by atoms with Crippen molar-refractivity contribution in [2.45, 2.75) is 70.9 Å². The van der Waals surface area contributed by atoms with Gasteiger partial charge in [-0.1, -0.05) is 37.1 Å². The summed E-state index contributed by atoms with van der Waals surface area (Å²) in [5, 5.41) is 6.40. The third kappa shape index (κ3) is 6.19. The number of benzene rings is 1. The Morgan fingerprint density at radius 2 is 1.73 bits per heavy atom. The number of nitrogens with one attached hydrogen (secondary N) is 2. The molecule has 1 saturated carbocycles. The highest BCUT2D eigenvalue weighted by molar-refractivity contribution is 6.01. The first-order valence-corrected chi connectivity index (χ1v) is 16.8. The van der Waals surface area contributed by atoms with Gasteiger partial charge in [-0.2, -0.15) is 4.98 Å². The molecule has 12 nitrogen and oxygen atoms in total. The lowest BCUT2D eigenvalue weighted by Gasteiger charge is -2.36. The number of Topliss-reactive ketones (excluding diaryl/α,β-unsaturated/α-hetero) is 1. The molecule has 1 aliphatic carbocycles. The highest BCUT2D eigenvalue weighted by Crippen LogP contribution is 2.32. The molecule has 1 aromatic carbocycles. The fraction of sp³-hybridized carbons (Fsp3) is 0.417. The smallest absolute Gasteiger partial charge is 0.263 e. The van der Waals surface area contributed by atoms with Crippen LogP contribution in [-0.2, 0) is 16.1 Å². The summed E-state index contributed by atoms with van der Waals surface area (Å²) in [5.74, 6) is -0.00227. The Hall–Kier alpha value is -4.97. The van der Waals surface area contributed by atoms with Gasteiger partial charge in [-0.25, -0.2) is 9.97 Å². The second kappa shape index (κ2) is 13.3. The minimum atomic E-state index is -0.292. The van der Waals surface area contributed by atoms with Crippen molar-refractivity contribution in [3.05, 3.63) is 81.4 Å². The third-order valence-corrected chi connectivity index (χ3v) is 10.0. The Morgan fingerprint density at radius 1 is 0.958 bits per heavy atom. The molecule has 2 aliphatic heterocycles. The molecule has 0 radical (unpaired) electrons. The van der Waals surface area contributed by atoms with Gasteiger partial charge < -0.3 is 10.2 Å². The zero-order valence-electron chi connectivity index (χ0n) is 27.4. The highest BCUT2D eigenvalue weighted by Gasteiger charge is 2.30. The zero-order valence-corrected chi connectivity index (χ0v) is 27.4. The summed E-state index contributed by atoms with van der Waals surface area (Å²) in [4.78, 5) is 68.8. The summed E-state index contributed by atoms with van der Waals surface area (Å²) in [6.45, 7) is 7.37. The second-order valence-electron chi connectivity index (χ2n) is 13.1. The van der Waals surface area contributed by atoms with Crippen molar-refractivity contribution in [2.24, 2.45) is 0 Å². The number of piperidine rings is 1. The van der Waals surface area contributed by atoms with Crippen molar-refractivity contribution in [3.8, 4) is 0 Å². The van der Waals surface area contributed by atoms with Crippen LogP contribution in [0.15, 0.2) is 53.6 Å². The summed E-state index contributed by atoms with van der Waals surface area (Å²) >= 11 is 0. The maximum absolute atomic E-state index is 13.5. The molecular weight excluding hydrogens is 608 g/mol. The fourth-order valence-corrected chi connectivity index (χ4v) is 7.48. The van der Waals surface area contributed by atoms with Crippen LogP contribution in [0.5, 0.6) is 0 Å². The van der Waals surface area contributed by atoms with Crippen LogP contribution in [0, 0.1) is 6.92 Å². The molecule has 2 N–H and O–H groups in total. The van der Waals surface area contributed by atoms with Gasteiger partial charge in [0.1, 0.15) is 11.5 Å². The van der Waals surface area contributed by atoms with E-state index in [0.717, 1.165) is 75.2 Å². The van der Waals surface area contributed by atoms with Crippen LogP contribution >= 0.6 is 0 Å². The number of ketones is 1. The van der Waals surface area contributed by atoms with E-state index in [0.29, 0.717) is 41.2 Å². The number of aromatic nitrogens is 4. The van der Waals surface area contributed by atoms with Crippen molar-refractivity contribution in [3.63, 3.8) is 0 Å². The molecule has 0 spiro atoms. The third-order valence-electron chi connectivity index (χ3n) is 10.0. The van der Waals surface area contributed by atoms with Gasteiger partial charge >= 0.3 is 0 Å². The van der Waals surface area contributed by atoms with Crippen LogP contribution in [0.1, 0.15) is 84.5 Å². The highest BCUT2D eigenvalue weighted by atomic mass is 16.2. The summed E-state index contributed by atoms with van der Waals surface area (Å²) in [6.07, 6.45) is 8.30. The number of carbonyl (C=O) groups excluding carboxylic acids is 3. The summed E-state index contributed by atoms with van der Waals surface area (Å²) in [7, 11) is 0. The SMILES string of the molecule is CC(=O)c1c(C)c2cnc(Nc3ccc(N4CCN(Cc5ccccc5C5CCC(=O)NC5=O)CC4)cn3)nc2n(C2CCCC2)c1=O. The number of hydrogen-bond donors (Lipinski definition) is 2. The fourth-order valence-electron chi connectivity index (χ4n) is 7.48. The summed E-state index contributed by atoms with van der Waals surface area (Å²) < 4.78 is 1.71. The number of anilines is 3. The predicted molar refractivity (Wildman–Crippen MR) is 183 cm³/mol. The average Bonchev–Trinajstić information content (AvgIpc) is 3.60. The van der Waals surface area contributed by atoms with Crippen LogP contribution in [0.4, 0.5) is 17.5 Å². The quantitative estimate of drug-likeness (QED) is 0.209. The van der Waals surface area contributed by atoms with Crippen LogP contribution in [0.2, 0.25) is 0 Å². The molecule has 248 valence electrons. The first-order chi connectivity index (χ1) is 23.3. The minimum absolute atomic E-state index is 0.0133. The number of hydrogen-bond acceptors (Lipinski definition) is 10. The Balaban J connectivity index is 1.02. The number of carbonyl (C=O) groups is 3. The molecule has 2 amide bonds. The zero-order chi connectivity index (χ0) is 33.4. The Kier molecular flexibility index (Phi) is 8.74. The average molecular weight is 649 g/mol. The first kappa shape index (κ1) is 31.6. The van der Waals surface area contributed by atoms with Crippen LogP contribution in [-0.4, -0.2) is 68.2 Å². The van der Waals surface area contributed by atoms with Crippen LogP contribution in [0.25, 0.3) is 11.0 Å². The molecule has 1 unspecified atom stereocenters. The van der Waals surface area contributed by atoms with Gasteiger partial charge in [-0.15, -0.1) is 0 Å². The number of piperazine rings is 1. The van der Waals surface area contributed by atoms with E-state index < -0.39 is 0 Å². The van der Waals surface area contributed by atoms with Gasteiger partial charge in [0.2, 0.25) is 17.8 Å². The number of aryl methyl sites for hydroxylation is 1. The van der Waals surface area contributed by atoms with Gasteiger partial charge in [0.15, 0.2) is 5.78 Å². The summed E-state index contributed by atoms with van der Waals surface area (Å²) in [6, 6.07) is 12.0. The lowest BCUT2D eigenvalue weighted by molar-refractivity contribution is -0.134. The standard InChI is InChI=1S/C36H40N8O4/c1-22-29-20-38-36(41-33(29)44(25-8-4-5-9-25)35(48)32(22)23(2)45)39-30-13-11-26(19-37-30)43-17-15-42(16-18-43)21-24-7-3-6-10-27(24)28-12-14-31(46)40-34(28)47/h3,6-7,10-11,13,19-20,25,28H,4-5,8-9,12,14-18,21H2,1-2H3,(H,40,46,47)(H,37,38,39,41). The minimum Gasteiger partial charge on any atom is -0.368 e. The Labute approximate surface area is 278 Å². The summed E-state index contributed by atoms with van der Waals surface area (Å²) in [5.41, 5.74) is 4.25. The van der Waals surface area contributed by atoms with Crippen molar-refractivity contribution >= 4 is 46.1 Å². The monoisotopic (exact) mass is 648 g/mol. The van der Waals surface area contributed by atoms with Gasteiger partial charge in [-0.3, -0.25) is 34.0 Å². The molecule has 3 fully saturated rings. The van der Waals surface area contributed by atoms with E-state index in [4.69, 9.17) is 4.98 Å². The van der Waals surface area contributed by atoms with Gasteiger partial charge in [0.25, 0.3) is 5.56 Å². The van der Waals surface area contributed by atoms with Crippen LogP contribution < -0.4 is 21.1 Å². The van der Waals surface area contributed by atoms with Gasteiger partial charge in [-0.05, 0) is 61.9 Å². The predicted octanol–water partition coefficient (Wildman–Crippen LogP) is 4.40. The van der Waals surface area contributed by atoms with E-state index >= 15 is 0 Å². The molecule has 48 heavy (non-hydrogen) atoms. The molecule has 12 heteroatoms. The number of pyridine rings is 2. The number of fused-ring (bicyclic) bond motifs is 1. The number of nitrogens with zero attached hydrogens (tertiary/aromatic N) is 6. The number of rotatable bonds is 8. The maximum atomic E-state index is 13.5. The molecule has 3 aliphatic rings. The number of imide groups is 1. The molecule has 1 atom stereocenters. The number of amides is 2. The van der Waals surface area contributed by atoms with Crippen molar-refractivity contribution in [2.75, 3.05) is 36.4 Å². The van der Waals surface area contributed by atoms with E-state index in [1.165, 1.54) is 6.92 Å². The second-order valence-corrected chi connectivity index (χ2v) is 13.1. The molecular formula is C36H40N8O4. The topological polar surface area (TPSA) is 142 Å². The van der Waals surface area contributed by atoms with E-state index in [-0.39, 0.29) is 40.7 Å². The Bertz CT molecular complexity index is 1940. The lowest BCUT2D eigenvalue weighted by atomic mass is 9.87. The van der Waals surface area contributed by atoms with E-state index in [1.807, 2.05) is 36.5 Å². The van der Waals surface area contributed by atoms with Crippen molar-refractivity contribution in [1.82, 2.24) is 29.7 Å². The normalized spacial score (nSPS) is 19.1. The molecule has 5 heterocycles. The first-order valence-electron chi connectivity index (χ1n) is 16.8. The van der Waals surface area contributed by atoms with Gasteiger partial charge in [0, 0.05) is 56.8 Å². The molecule has 2 saturated heterocycles. The van der Waals surface area contributed by atoms with E-state index in [1.54, 1.807) is 17.7 Å². The molecule has 3 aromatic heterocycles. The van der Waals surface area contributed by atoms with E-state index in [9.17, 15) is 19.2 Å².